The van der Waals surface area contributed by atoms with Crippen LogP contribution in [0.4, 0.5) is 0 Å². The van der Waals surface area contributed by atoms with Crippen LogP contribution < -0.4 is 0 Å². The second-order valence-corrected chi connectivity index (χ2v) is 5.33. The van der Waals surface area contributed by atoms with Crippen molar-refractivity contribution in [1.29, 1.82) is 5.26 Å². The zero-order chi connectivity index (χ0) is 15.1. The van der Waals surface area contributed by atoms with Crippen molar-refractivity contribution in [3.8, 4) is 6.07 Å². The molecule has 5 heteroatoms. The molecule has 0 aliphatic carbocycles. The molecule has 112 valence electrons. The number of hydrogen-bond donors (Lipinski definition) is 1. The molecule has 21 heavy (non-hydrogen) atoms. The fraction of sp³-hybridized carbons (Fsp3) is 0.500. The number of likely N-dealkylation sites (tertiary alicyclic amines) is 1. The third-order valence-corrected chi connectivity index (χ3v) is 3.65. The number of nitrogens with zero attached hydrogens (tertiary/aromatic N) is 2. The maximum absolute atomic E-state index is 10.6. The largest absolute Gasteiger partial charge is 0.481 e. The van der Waals surface area contributed by atoms with Crippen molar-refractivity contribution >= 4 is 5.97 Å². The van der Waals surface area contributed by atoms with Crippen molar-refractivity contribution in [2.75, 3.05) is 19.6 Å². The molecule has 0 spiro atoms. The molecule has 1 heterocycles. The average Bonchev–Trinajstić information content (AvgIpc) is 2.51. The topological polar surface area (TPSA) is 73.6 Å². The zero-order valence-corrected chi connectivity index (χ0v) is 12.0. The molecule has 1 unspecified atom stereocenters. The smallest absolute Gasteiger partial charge is 0.304 e. The van der Waals surface area contributed by atoms with Crippen LogP contribution in [0.3, 0.4) is 0 Å². The monoisotopic (exact) mass is 288 g/mol. The van der Waals surface area contributed by atoms with E-state index in [1.54, 1.807) is 6.07 Å². The van der Waals surface area contributed by atoms with E-state index < -0.39 is 5.97 Å². The van der Waals surface area contributed by atoms with Crippen LogP contribution >= 0.6 is 0 Å². The lowest BCUT2D eigenvalue weighted by atomic mass is 10.1. The first kappa shape index (κ1) is 15.5. The maximum Gasteiger partial charge on any atom is 0.304 e. The summed E-state index contributed by atoms with van der Waals surface area (Å²) in [6, 6.07) is 9.54. The first-order chi connectivity index (χ1) is 10.2. The van der Waals surface area contributed by atoms with Gasteiger partial charge in [0.1, 0.15) is 0 Å². The molecule has 2 rings (SSSR count). The number of aliphatic carboxylic acids is 1. The molecule has 0 saturated carbocycles. The van der Waals surface area contributed by atoms with Gasteiger partial charge >= 0.3 is 5.97 Å². The van der Waals surface area contributed by atoms with E-state index in [4.69, 9.17) is 15.1 Å². The molecule has 1 aromatic rings. The Hall–Kier alpha value is -1.90. The van der Waals surface area contributed by atoms with E-state index in [2.05, 4.69) is 11.0 Å². The van der Waals surface area contributed by atoms with Crippen molar-refractivity contribution < 1.29 is 14.6 Å². The van der Waals surface area contributed by atoms with Crippen molar-refractivity contribution in [3.05, 3.63) is 35.4 Å². The second kappa shape index (κ2) is 7.77. The van der Waals surface area contributed by atoms with Gasteiger partial charge in [-0.3, -0.25) is 4.79 Å². The van der Waals surface area contributed by atoms with Gasteiger partial charge in [0.15, 0.2) is 0 Å². The molecule has 1 aliphatic heterocycles. The number of piperidine rings is 1. The van der Waals surface area contributed by atoms with E-state index in [0.29, 0.717) is 18.7 Å². The minimum Gasteiger partial charge on any atom is -0.481 e. The van der Waals surface area contributed by atoms with Crippen LogP contribution in [0.1, 0.15) is 30.4 Å². The summed E-state index contributed by atoms with van der Waals surface area (Å²) in [5.41, 5.74) is 1.64. The summed E-state index contributed by atoms with van der Waals surface area (Å²) in [4.78, 5) is 12.8. The van der Waals surface area contributed by atoms with Crippen LogP contribution in [0.25, 0.3) is 0 Å². The summed E-state index contributed by atoms with van der Waals surface area (Å²) in [7, 11) is 0. The van der Waals surface area contributed by atoms with Gasteiger partial charge in [-0.15, -0.1) is 0 Å². The number of carbonyl (C=O) groups is 1. The molecule has 1 atom stereocenters. The molecule has 1 aromatic carbocycles. The lowest BCUT2D eigenvalue weighted by Crippen LogP contribution is -2.40. The van der Waals surface area contributed by atoms with Crippen LogP contribution in [0.5, 0.6) is 0 Å². The Labute approximate surface area is 124 Å². The summed E-state index contributed by atoms with van der Waals surface area (Å²) in [5, 5.41) is 17.6. The van der Waals surface area contributed by atoms with Gasteiger partial charge in [0, 0.05) is 13.1 Å². The van der Waals surface area contributed by atoms with Gasteiger partial charge < -0.3 is 14.7 Å². The number of rotatable bonds is 6. The third kappa shape index (κ3) is 5.18. The highest BCUT2D eigenvalue weighted by molar-refractivity contribution is 5.66. The number of benzene rings is 1. The molecular weight excluding hydrogens is 268 g/mol. The van der Waals surface area contributed by atoms with Crippen LogP contribution in [-0.4, -0.2) is 41.7 Å². The predicted molar refractivity (Wildman–Crippen MR) is 77.7 cm³/mol. The van der Waals surface area contributed by atoms with Gasteiger partial charge in [0.05, 0.1) is 30.8 Å². The average molecular weight is 288 g/mol. The molecule has 1 fully saturated rings. The van der Waals surface area contributed by atoms with Crippen LogP contribution in [0, 0.1) is 11.3 Å². The molecule has 0 amide bonds. The van der Waals surface area contributed by atoms with Crippen LogP contribution in [-0.2, 0) is 16.1 Å². The van der Waals surface area contributed by atoms with Crippen molar-refractivity contribution in [2.24, 2.45) is 0 Å². The molecule has 0 bridgehead atoms. The minimum atomic E-state index is -0.758. The second-order valence-electron chi connectivity index (χ2n) is 5.33. The van der Waals surface area contributed by atoms with Crippen LogP contribution in [0.15, 0.2) is 24.3 Å². The lowest BCUT2D eigenvalue weighted by Gasteiger charge is -2.32. The quantitative estimate of drug-likeness (QED) is 0.867. The van der Waals surface area contributed by atoms with Gasteiger partial charge in [0.25, 0.3) is 0 Å². The Morgan fingerprint density at radius 1 is 1.52 bits per heavy atom. The first-order valence-electron chi connectivity index (χ1n) is 7.22. The Morgan fingerprint density at radius 2 is 2.38 bits per heavy atom. The zero-order valence-electron chi connectivity index (χ0n) is 12.0. The Balaban J connectivity index is 1.79. The van der Waals surface area contributed by atoms with Gasteiger partial charge in [-0.05, 0) is 37.1 Å². The fourth-order valence-corrected chi connectivity index (χ4v) is 2.55. The standard InChI is InChI=1S/C16H20N2O3/c17-10-13-3-1-4-14(9-13)12-21-15-5-2-7-18(11-15)8-6-16(19)20/h1,3-4,9,15H,2,5-8,11-12H2,(H,19,20). The molecule has 1 aliphatic rings. The summed E-state index contributed by atoms with van der Waals surface area (Å²) < 4.78 is 5.91. The Morgan fingerprint density at radius 3 is 3.14 bits per heavy atom. The molecule has 1 saturated heterocycles. The van der Waals surface area contributed by atoms with Crippen molar-refractivity contribution in [3.63, 3.8) is 0 Å². The summed E-state index contributed by atoms with van der Waals surface area (Å²) in [6.45, 7) is 2.80. The lowest BCUT2D eigenvalue weighted by molar-refractivity contribution is -0.137. The van der Waals surface area contributed by atoms with E-state index >= 15 is 0 Å². The number of hydrogen-bond acceptors (Lipinski definition) is 4. The van der Waals surface area contributed by atoms with E-state index in [1.807, 2.05) is 18.2 Å². The number of nitriles is 1. The number of carboxylic acids is 1. The highest BCUT2D eigenvalue weighted by Gasteiger charge is 2.20. The summed E-state index contributed by atoms with van der Waals surface area (Å²) in [6.07, 6.45) is 2.35. The molecule has 0 radical (unpaired) electrons. The maximum atomic E-state index is 10.6. The van der Waals surface area contributed by atoms with Gasteiger partial charge in [-0.2, -0.15) is 5.26 Å². The SMILES string of the molecule is N#Cc1cccc(COC2CCCN(CCC(=O)O)C2)c1. The number of ether oxygens (including phenoxy) is 1. The predicted octanol–water partition coefficient (Wildman–Crippen LogP) is 2.01. The van der Waals surface area contributed by atoms with Gasteiger partial charge in [-0.25, -0.2) is 0 Å². The van der Waals surface area contributed by atoms with E-state index in [-0.39, 0.29) is 12.5 Å². The first-order valence-corrected chi connectivity index (χ1v) is 7.22. The van der Waals surface area contributed by atoms with Gasteiger partial charge in [0.2, 0.25) is 0 Å². The highest BCUT2D eigenvalue weighted by atomic mass is 16.5. The summed E-state index contributed by atoms with van der Waals surface area (Å²) in [5.74, 6) is -0.758. The van der Waals surface area contributed by atoms with E-state index in [0.717, 1.165) is 31.5 Å². The molecule has 1 N–H and O–H groups in total. The number of carboxylic acid groups (broad SMARTS) is 1. The van der Waals surface area contributed by atoms with E-state index in [9.17, 15) is 4.79 Å². The van der Waals surface area contributed by atoms with E-state index in [1.165, 1.54) is 0 Å². The molecule has 5 nitrogen and oxygen atoms in total. The minimum absolute atomic E-state index is 0.137. The molecule has 0 aromatic heterocycles. The Kier molecular flexibility index (Phi) is 5.73. The summed E-state index contributed by atoms with van der Waals surface area (Å²) >= 11 is 0. The molecular formula is C16H20N2O3. The highest BCUT2D eigenvalue weighted by Crippen LogP contribution is 2.16. The van der Waals surface area contributed by atoms with Crippen molar-refractivity contribution in [2.45, 2.75) is 32.0 Å². The Bertz CT molecular complexity index is 524. The third-order valence-electron chi connectivity index (χ3n) is 3.65. The van der Waals surface area contributed by atoms with Crippen molar-refractivity contribution in [1.82, 2.24) is 4.90 Å². The van der Waals surface area contributed by atoms with Crippen LogP contribution in [0.2, 0.25) is 0 Å². The normalized spacial score (nSPS) is 19.1. The van der Waals surface area contributed by atoms with Gasteiger partial charge in [-0.1, -0.05) is 12.1 Å². The fourth-order valence-electron chi connectivity index (χ4n) is 2.55.